The summed E-state index contributed by atoms with van der Waals surface area (Å²) in [4.78, 5) is 40.2. The number of carbonyl (C=O) groups is 3. The summed E-state index contributed by atoms with van der Waals surface area (Å²) in [5, 5.41) is 12.1. The Morgan fingerprint density at radius 3 is 2.38 bits per heavy atom. The molecular weight excluding hydrogens is 541 g/mol. The number of ether oxygens (including phenoxy) is 2. The first kappa shape index (κ1) is 31.2. The zero-order chi connectivity index (χ0) is 29.8. The van der Waals surface area contributed by atoms with Crippen molar-refractivity contribution >= 4 is 40.9 Å². The number of anilines is 2. The van der Waals surface area contributed by atoms with Gasteiger partial charge in [0.2, 0.25) is 5.91 Å². The number of phenols is 1. The van der Waals surface area contributed by atoms with Gasteiger partial charge in [0, 0.05) is 12.1 Å². The number of piperidine rings is 1. The summed E-state index contributed by atoms with van der Waals surface area (Å²) < 4.78 is 24.6. The molecule has 1 saturated heterocycles. The van der Waals surface area contributed by atoms with Gasteiger partial charge in [0.25, 0.3) is 0 Å². The number of nitrogens with one attached hydrogen (secondary N) is 1. The third-order valence-electron chi connectivity index (χ3n) is 6.85. The van der Waals surface area contributed by atoms with Gasteiger partial charge >= 0.3 is 12.1 Å². The van der Waals surface area contributed by atoms with Gasteiger partial charge < -0.3 is 19.9 Å². The molecule has 11 heteroatoms. The lowest BCUT2D eigenvalue weighted by Gasteiger charge is -2.39. The van der Waals surface area contributed by atoms with Crippen LogP contribution in [0.2, 0.25) is 5.02 Å². The molecule has 1 atom stereocenters. The number of carbonyl (C=O) groups excluding carboxylic acids is 3. The van der Waals surface area contributed by atoms with Crippen molar-refractivity contribution < 1.29 is 33.4 Å². The summed E-state index contributed by atoms with van der Waals surface area (Å²) in [5.41, 5.74) is 0.0355. The van der Waals surface area contributed by atoms with Crippen LogP contribution in [0.15, 0.2) is 30.3 Å². The number of phenolic OH excluding ortho intramolecular Hbond substituents is 1. The Bertz CT molecular complexity index is 1280. The first-order valence-electron chi connectivity index (χ1n) is 13.2. The van der Waals surface area contributed by atoms with Crippen molar-refractivity contribution in [1.29, 1.82) is 0 Å². The number of benzene rings is 2. The molecule has 1 unspecified atom stereocenters. The van der Waals surface area contributed by atoms with Crippen LogP contribution in [-0.2, 0) is 19.8 Å². The van der Waals surface area contributed by atoms with Crippen LogP contribution in [0.4, 0.5) is 20.6 Å². The summed E-state index contributed by atoms with van der Waals surface area (Å²) >= 11 is 5.64. The first-order chi connectivity index (χ1) is 18.7. The predicted molar refractivity (Wildman–Crippen MR) is 152 cm³/mol. The maximum Gasteiger partial charge on any atom is 0.414 e. The minimum absolute atomic E-state index is 0.0210. The van der Waals surface area contributed by atoms with Gasteiger partial charge in [-0.1, -0.05) is 18.0 Å². The van der Waals surface area contributed by atoms with E-state index in [1.165, 1.54) is 42.3 Å². The summed E-state index contributed by atoms with van der Waals surface area (Å²) in [5.74, 6) is -1.15. The van der Waals surface area contributed by atoms with E-state index in [1.54, 1.807) is 27.7 Å². The van der Waals surface area contributed by atoms with Gasteiger partial charge in [-0.2, -0.15) is 0 Å². The van der Waals surface area contributed by atoms with E-state index >= 15 is 0 Å². The number of methoxy groups -OCH3 is 1. The summed E-state index contributed by atoms with van der Waals surface area (Å²) in [6.45, 7) is 10.9. The zero-order valence-electron chi connectivity index (χ0n) is 23.8. The SMILES string of the molecule is CCN(C(=O)OC(C)(C)C)c1cc(F)cc2c1NC(=O)C2(C)N1CCCCC1.COC(=O)c1ccc(O)cc1Cl. The molecule has 0 aliphatic carbocycles. The van der Waals surface area contributed by atoms with Crippen molar-refractivity contribution in [3.63, 3.8) is 0 Å². The lowest BCUT2D eigenvalue weighted by molar-refractivity contribution is -0.127. The van der Waals surface area contributed by atoms with Gasteiger partial charge in [-0.3, -0.25) is 14.6 Å². The number of esters is 1. The van der Waals surface area contributed by atoms with Crippen molar-refractivity contribution in [2.75, 3.05) is 37.0 Å². The maximum atomic E-state index is 14.6. The minimum Gasteiger partial charge on any atom is -0.508 e. The molecule has 0 spiro atoms. The molecule has 2 heterocycles. The number of amides is 2. The molecule has 0 bridgehead atoms. The van der Waals surface area contributed by atoms with Crippen LogP contribution in [0.25, 0.3) is 0 Å². The van der Waals surface area contributed by atoms with Gasteiger partial charge in [0.05, 0.1) is 29.1 Å². The number of hydrogen-bond donors (Lipinski definition) is 2. The molecule has 2 aliphatic rings. The number of aromatic hydroxyl groups is 1. The van der Waals surface area contributed by atoms with Crippen molar-refractivity contribution in [2.24, 2.45) is 0 Å². The van der Waals surface area contributed by atoms with Gasteiger partial charge in [-0.25, -0.2) is 14.0 Å². The first-order valence-corrected chi connectivity index (χ1v) is 13.6. The molecule has 4 rings (SSSR count). The van der Waals surface area contributed by atoms with Crippen molar-refractivity contribution in [2.45, 2.75) is 65.0 Å². The second kappa shape index (κ2) is 12.4. The quantitative estimate of drug-likeness (QED) is 0.424. The molecule has 2 aromatic rings. The Balaban J connectivity index is 0.000000307. The highest BCUT2D eigenvalue weighted by molar-refractivity contribution is 6.33. The lowest BCUT2D eigenvalue weighted by Crippen LogP contribution is -2.50. The fraction of sp³-hybridized carbons (Fsp3) is 0.483. The van der Waals surface area contributed by atoms with E-state index in [9.17, 15) is 18.8 Å². The highest BCUT2D eigenvalue weighted by Crippen LogP contribution is 2.46. The summed E-state index contributed by atoms with van der Waals surface area (Å²) in [6, 6.07) is 6.76. The van der Waals surface area contributed by atoms with E-state index in [-0.39, 0.29) is 22.2 Å². The molecule has 2 aromatic carbocycles. The number of halogens is 2. The van der Waals surface area contributed by atoms with Crippen LogP contribution < -0.4 is 10.2 Å². The third-order valence-corrected chi connectivity index (χ3v) is 7.17. The Morgan fingerprint density at radius 2 is 1.82 bits per heavy atom. The normalized spacial score (nSPS) is 18.6. The Kier molecular flexibility index (Phi) is 9.68. The molecule has 40 heavy (non-hydrogen) atoms. The van der Waals surface area contributed by atoms with Crippen LogP contribution in [0, 0.1) is 5.82 Å². The Morgan fingerprint density at radius 1 is 1.18 bits per heavy atom. The standard InChI is InChI=1S/C21H30FN3O3.C8H7ClO3/c1-6-25(19(27)28-20(2,3)4)16-13-14(22)12-15-17(16)23-18(26)21(15,5)24-10-8-7-9-11-24;1-12-8(11)6-3-2-5(10)4-7(6)9/h12-13H,6-11H2,1-5H3,(H,23,26);2-4,10H,1H3. The van der Waals surface area contributed by atoms with Crippen LogP contribution in [0.3, 0.4) is 0 Å². The average Bonchev–Trinajstić information content (AvgIpc) is 3.14. The van der Waals surface area contributed by atoms with Gasteiger partial charge in [0.1, 0.15) is 22.7 Å². The van der Waals surface area contributed by atoms with Crippen LogP contribution >= 0.6 is 11.6 Å². The van der Waals surface area contributed by atoms with Gasteiger partial charge in [-0.05, 0) is 90.9 Å². The molecule has 0 radical (unpaired) electrons. The molecule has 2 amide bonds. The van der Waals surface area contributed by atoms with E-state index in [4.69, 9.17) is 21.4 Å². The van der Waals surface area contributed by atoms with Crippen LogP contribution in [0.5, 0.6) is 5.75 Å². The predicted octanol–water partition coefficient (Wildman–Crippen LogP) is 6.07. The second-order valence-electron chi connectivity index (χ2n) is 10.8. The maximum absolute atomic E-state index is 14.6. The van der Waals surface area contributed by atoms with Crippen molar-refractivity contribution in [3.8, 4) is 5.75 Å². The lowest BCUT2D eigenvalue weighted by atomic mass is 9.89. The Hall–Kier alpha value is -3.37. The van der Waals surface area contributed by atoms with E-state index in [2.05, 4.69) is 15.0 Å². The van der Waals surface area contributed by atoms with Crippen LogP contribution in [-0.4, -0.2) is 60.3 Å². The topological polar surface area (TPSA) is 108 Å². The van der Waals surface area contributed by atoms with E-state index in [0.717, 1.165) is 32.4 Å². The van der Waals surface area contributed by atoms with Gasteiger partial charge in [-0.15, -0.1) is 0 Å². The molecule has 218 valence electrons. The van der Waals surface area contributed by atoms with Crippen LogP contribution in [0.1, 0.15) is 69.8 Å². The number of fused-ring (bicyclic) bond motifs is 1. The fourth-order valence-corrected chi connectivity index (χ4v) is 5.08. The number of nitrogens with zero attached hydrogens (tertiary/aromatic N) is 2. The average molecular weight is 578 g/mol. The highest BCUT2D eigenvalue weighted by atomic mass is 35.5. The van der Waals surface area contributed by atoms with E-state index < -0.39 is 29.0 Å². The van der Waals surface area contributed by atoms with E-state index in [0.29, 0.717) is 23.5 Å². The monoisotopic (exact) mass is 577 g/mol. The smallest absolute Gasteiger partial charge is 0.414 e. The molecule has 2 N–H and O–H groups in total. The zero-order valence-corrected chi connectivity index (χ0v) is 24.5. The van der Waals surface area contributed by atoms with E-state index in [1.807, 2.05) is 6.92 Å². The largest absolute Gasteiger partial charge is 0.508 e. The van der Waals surface area contributed by atoms with Crippen molar-refractivity contribution in [3.05, 3.63) is 52.3 Å². The molecule has 0 saturated carbocycles. The summed E-state index contributed by atoms with van der Waals surface area (Å²) in [6.07, 6.45) is 2.60. The van der Waals surface area contributed by atoms with Crippen molar-refractivity contribution in [1.82, 2.24) is 4.90 Å². The minimum atomic E-state index is -0.944. The van der Waals surface area contributed by atoms with Gasteiger partial charge in [0.15, 0.2) is 0 Å². The summed E-state index contributed by atoms with van der Waals surface area (Å²) in [7, 11) is 1.27. The third kappa shape index (κ3) is 6.67. The number of rotatable bonds is 4. The fourth-order valence-electron chi connectivity index (χ4n) is 4.83. The Labute approximate surface area is 239 Å². The molecule has 1 fully saturated rings. The number of likely N-dealkylation sites (tertiary alicyclic amines) is 1. The number of hydrogen-bond acceptors (Lipinski definition) is 7. The second-order valence-corrected chi connectivity index (χ2v) is 11.2. The molecular formula is C29H37ClFN3O6. The molecule has 0 aromatic heterocycles. The molecule has 2 aliphatic heterocycles. The highest BCUT2D eigenvalue weighted by Gasteiger charge is 2.49. The molecule has 9 nitrogen and oxygen atoms in total.